The van der Waals surface area contributed by atoms with Crippen LogP contribution in [-0.4, -0.2) is 27.9 Å². The van der Waals surface area contributed by atoms with Crippen LogP contribution in [0.3, 0.4) is 0 Å². The third-order valence-electron chi connectivity index (χ3n) is 3.57. The van der Waals surface area contributed by atoms with Gasteiger partial charge < -0.3 is 15.0 Å². The zero-order chi connectivity index (χ0) is 13.2. The van der Waals surface area contributed by atoms with Crippen molar-refractivity contribution in [2.24, 2.45) is 0 Å². The molecule has 0 saturated carbocycles. The number of hydrogen-bond acceptors (Lipinski definition) is 3. The third-order valence-corrected chi connectivity index (χ3v) is 3.57. The summed E-state index contributed by atoms with van der Waals surface area (Å²) in [6.07, 6.45) is 3.98. The topological polar surface area (TPSA) is 58.4 Å². The number of aromatic nitrogens is 2. The van der Waals surface area contributed by atoms with Crippen LogP contribution in [0.25, 0.3) is 5.65 Å². The lowest BCUT2D eigenvalue weighted by atomic mass is 10.2. The molecule has 1 aliphatic heterocycles. The van der Waals surface area contributed by atoms with E-state index in [2.05, 4.69) is 15.6 Å². The average Bonchev–Trinajstić information content (AvgIpc) is 3.05. The van der Waals surface area contributed by atoms with Gasteiger partial charge in [0.15, 0.2) is 0 Å². The first kappa shape index (κ1) is 12.2. The van der Waals surface area contributed by atoms with E-state index in [1.807, 2.05) is 35.7 Å². The quantitative estimate of drug-likeness (QED) is 0.864. The van der Waals surface area contributed by atoms with Crippen LogP contribution in [-0.2, 0) is 11.3 Å². The van der Waals surface area contributed by atoms with Crippen molar-refractivity contribution in [3.8, 4) is 0 Å². The summed E-state index contributed by atoms with van der Waals surface area (Å²) < 4.78 is 2.04. The second kappa shape index (κ2) is 5.01. The van der Waals surface area contributed by atoms with E-state index < -0.39 is 0 Å². The number of pyridine rings is 1. The maximum absolute atomic E-state index is 11.9. The standard InChI is InChI=1S/C14H18N4O/c1-10-4-2-6-13-17-11(9-18(10)13)8-16-14(19)12-5-3-7-15-12/h2,4,6,9,12,15H,3,5,7-8H2,1H3,(H,16,19). The summed E-state index contributed by atoms with van der Waals surface area (Å²) in [4.78, 5) is 16.4. The molecule has 0 spiro atoms. The Hall–Kier alpha value is -1.88. The Labute approximate surface area is 112 Å². The molecule has 2 aromatic heterocycles. The molecule has 0 aliphatic carbocycles. The Morgan fingerprint density at radius 3 is 3.21 bits per heavy atom. The number of nitrogens with one attached hydrogen (secondary N) is 2. The number of rotatable bonds is 3. The normalized spacial score (nSPS) is 18.9. The summed E-state index contributed by atoms with van der Waals surface area (Å²) >= 11 is 0. The van der Waals surface area contributed by atoms with Gasteiger partial charge >= 0.3 is 0 Å². The van der Waals surface area contributed by atoms with Crippen molar-refractivity contribution in [1.82, 2.24) is 20.0 Å². The van der Waals surface area contributed by atoms with Crippen LogP contribution in [0.5, 0.6) is 0 Å². The highest BCUT2D eigenvalue weighted by Gasteiger charge is 2.21. The van der Waals surface area contributed by atoms with E-state index in [-0.39, 0.29) is 11.9 Å². The SMILES string of the molecule is Cc1cccc2nc(CNC(=O)C3CCCN3)cn12. The van der Waals surface area contributed by atoms with Gasteiger partial charge in [-0.3, -0.25) is 4.79 Å². The second-order valence-corrected chi connectivity index (χ2v) is 4.99. The third kappa shape index (κ3) is 2.46. The van der Waals surface area contributed by atoms with Gasteiger partial charge in [-0.1, -0.05) is 6.07 Å². The fourth-order valence-corrected chi connectivity index (χ4v) is 2.49. The molecule has 0 bridgehead atoms. The molecule has 0 radical (unpaired) electrons. The van der Waals surface area contributed by atoms with Crippen LogP contribution in [0, 0.1) is 6.92 Å². The first-order valence-electron chi connectivity index (χ1n) is 6.69. The number of nitrogens with zero attached hydrogens (tertiary/aromatic N) is 2. The van der Waals surface area contributed by atoms with E-state index in [0.29, 0.717) is 6.54 Å². The lowest BCUT2D eigenvalue weighted by Crippen LogP contribution is -2.40. The lowest BCUT2D eigenvalue weighted by molar-refractivity contribution is -0.122. The number of hydrogen-bond donors (Lipinski definition) is 2. The highest BCUT2D eigenvalue weighted by molar-refractivity contribution is 5.81. The van der Waals surface area contributed by atoms with Crippen molar-refractivity contribution < 1.29 is 4.79 Å². The minimum absolute atomic E-state index is 0.0289. The van der Waals surface area contributed by atoms with Crippen molar-refractivity contribution >= 4 is 11.6 Å². The smallest absolute Gasteiger partial charge is 0.237 e. The number of carbonyl (C=O) groups is 1. The van der Waals surface area contributed by atoms with E-state index >= 15 is 0 Å². The Morgan fingerprint density at radius 2 is 2.47 bits per heavy atom. The van der Waals surface area contributed by atoms with Crippen molar-refractivity contribution in [3.05, 3.63) is 35.8 Å². The summed E-state index contributed by atoms with van der Waals surface area (Å²) in [5, 5.41) is 6.13. The summed E-state index contributed by atoms with van der Waals surface area (Å²) in [5.41, 5.74) is 2.95. The Kier molecular flexibility index (Phi) is 3.21. The van der Waals surface area contributed by atoms with E-state index in [1.165, 1.54) is 0 Å². The minimum atomic E-state index is -0.0289. The van der Waals surface area contributed by atoms with Crippen LogP contribution >= 0.6 is 0 Å². The van der Waals surface area contributed by atoms with Gasteiger partial charge in [-0.2, -0.15) is 0 Å². The number of aryl methyl sites for hydroxylation is 1. The molecule has 1 aliphatic rings. The fraction of sp³-hybridized carbons (Fsp3) is 0.429. The van der Waals surface area contributed by atoms with Crippen molar-refractivity contribution in [3.63, 3.8) is 0 Å². The summed E-state index contributed by atoms with van der Waals surface area (Å²) in [6, 6.07) is 5.97. The molecule has 5 heteroatoms. The molecule has 3 rings (SSSR count). The first-order valence-corrected chi connectivity index (χ1v) is 6.69. The van der Waals surface area contributed by atoms with Crippen molar-refractivity contribution in [1.29, 1.82) is 0 Å². The molecule has 1 atom stereocenters. The van der Waals surface area contributed by atoms with Gasteiger partial charge in [-0.05, 0) is 38.4 Å². The zero-order valence-corrected chi connectivity index (χ0v) is 11.0. The van der Waals surface area contributed by atoms with Gasteiger partial charge in [-0.25, -0.2) is 4.98 Å². The number of carbonyl (C=O) groups excluding carboxylic acids is 1. The average molecular weight is 258 g/mol. The second-order valence-electron chi connectivity index (χ2n) is 4.99. The van der Waals surface area contributed by atoms with Crippen LogP contribution in [0.4, 0.5) is 0 Å². The van der Waals surface area contributed by atoms with Gasteiger partial charge in [0.25, 0.3) is 0 Å². The fourth-order valence-electron chi connectivity index (χ4n) is 2.49. The largest absolute Gasteiger partial charge is 0.349 e. The Morgan fingerprint density at radius 1 is 1.58 bits per heavy atom. The molecule has 2 aromatic rings. The van der Waals surface area contributed by atoms with Gasteiger partial charge in [0.05, 0.1) is 18.3 Å². The zero-order valence-electron chi connectivity index (χ0n) is 11.0. The molecule has 1 fully saturated rings. The molecule has 1 saturated heterocycles. The lowest BCUT2D eigenvalue weighted by Gasteiger charge is -2.09. The summed E-state index contributed by atoms with van der Waals surface area (Å²) in [5.74, 6) is 0.0753. The van der Waals surface area contributed by atoms with Crippen LogP contribution < -0.4 is 10.6 Å². The maximum atomic E-state index is 11.9. The van der Waals surface area contributed by atoms with Gasteiger partial charge in [0, 0.05) is 11.9 Å². The predicted octanol–water partition coefficient (Wildman–Crippen LogP) is 1.01. The highest BCUT2D eigenvalue weighted by atomic mass is 16.2. The number of imidazole rings is 1. The van der Waals surface area contributed by atoms with E-state index in [4.69, 9.17) is 0 Å². The molecule has 2 N–H and O–H groups in total. The molecule has 100 valence electrons. The number of fused-ring (bicyclic) bond motifs is 1. The van der Waals surface area contributed by atoms with Crippen molar-refractivity contribution in [2.75, 3.05) is 6.54 Å². The van der Waals surface area contributed by atoms with Gasteiger partial charge in [-0.15, -0.1) is 0 Å². The maximum Gasteiger partial charge on any atom is 0.237 e. The minimum Gasteiger partial charge on any atom is -0.349 e. The number of amides is 1. The predicted molar refractivity (Wildman–Crippen MR) is 72.8 cm³/mol. The first-order chi connectivity index (χ1) is 9.24. The van der Waals surface area contributed by atoms with E-state index in [0.717, 1.165) is 36.4 Å². The summed E-state index contributed by atoms with van der Waals surface area (Å²) in [7, 11) is 0. The van der Waals surface area contributed by atoms with Crippen LogP contribution in [0.15, 0.2) is 24.4 Å². The van der Waals surface area contributed by atoms with Crippen LogP contribution in [0.1, 0.15) is 24.2 Å². The van der Waals surface area contributed by atoms with E-state index in [9.17, 15) is 4.79 Å². The molecular weight excluding hydrogens is 240 g/mol. The molecule has 19 heavy (non-hydrogen) atoms. The molecule has 1 amide bonds. The van der Waals surface area contributed by atoms with Gasteiger partial charge in [0.1, 0.15) is 5.65 Å². The molecular formula is C14H18N4O. The molecule has 3 heterocycles. The Bertz CT molecular complexity index is 599. The molecule has 0 aromatic carbocycles. The molecule has 5 nitrogen and oxygen atoms in total. The molecule has 1 unspecified atom stereocenters. The van der Waals surface area contributed by atoms with E-state index in [1.54, 1.807) is 0 Å². The Balaban J connectivity index is 1.68. The van der Waals surface area contributed by atoms with Gasteiger partial charge in [0.2, 0.25) is 5.91 Å². The van der Waals surface area contributed by atoms with Crippen molar-refractivity contribution in [2.45, 2.75) is 32.4 Å². The highest BCUT2D eigenvalue weighted by Crippen LogP contribution is 2.09. The monoisotopic (exact) mass is 258 g/mol. The van der Waals surface area contributed by atoms with Crippen LogP contribution in [0.2, 0.25) is 0 Å². The summed E-state index contributed by atoms with van der Waals surface area (Å²) in [6.45, 7) is 3.46.